The average Bonchev–Trinajstić information content (AvgIpc) is 2.02. The van der Waals surface area contributed by atoms with Gasteiger partial charge in [0.15, 0.2) is 0 Å². The number of ether oxygens (including phenoxy) is 1. The van der Waals surface area contributed by atoms with Gasteiger partial charge < -0.3 is 4.74 Å². The molecular formula is C8H10O3. The lowest BCUT2D eigenvalue weighted by molar-refractivity contribution is -0.156. The van der Waals surface area contributed by atoms with Crippen LogP contribution in [0.5, 0.6) is 0 Å². The molecule has 1 aliphatic heterocycles. The molecule has 3 heteroatoms. The van der Waals surface area contributed by atoms with E-state index in [0.717, 1.165) is 19.3 Å². The molecule has 0 atom stereocenters. The topological polar surface area (TPSA) is 43.4 Å². The van der Waals surface area contributed by atoms with Crippen LogP contribution in [0.15, 0.2) is 12.2 Å². The zero-order valence-corrected chi connectivity index (χ0v) is 6.21. The Morgan fingerprint density at radius 3 is 2.91 bits per heavy atom. The Morgan fingerprint density at radius 1 is 1.27 bits per heavy atom. The molecule has 1 rings (SSSR count). The first kappa shape index (κ1) is 7.98. The Balaban J connectivity index is 2.52. The van der Waals surface area contributed by atoms with E-state index in [1.165, 1.54) is 6.08 Å². The van der Waals surface area contributed by atoms with Crippen molar-refractivity contribution in [1.29, 1.82) is 0 Å². The minimum absolute atomic E-state index is 0.355. The second-order valence-corrected chi connectivity index (χ2v) is 2.44. The summed E-state index contributed by atoms with van der Waals surface area (Å²) in [6.45, 7) is 0. The monoisotopic (exact) mass is 154 g/mol. The molecule has 0 spiro atoms. The van der Waals surface area contributed by atoms with E-state index in [2.05, 4.69) is 4.74 Å². The standard InChI is InChI=1S/C8H10O3/c9-7-5-3-1-2-4-6-8(10)11-7/h3,5H,1-2,4,6H2/b5-3-. The molecule has 0 amide bonds. The number of cyclic esters (lactones) is 2. The van der Waals surface area contributed by atoms with Gasteiger partial charge in [-0.1, -0.05) is 6.08 Å². The molecular weight excluding hydrogens is 144 g/mol. The van der Waals surface area contributed by atoms with Crippen molar-refractivity contribution in [1.82, 2.24) is 0 Å². The van der Waals surface area contributed by atoms with E-state index in [9.17, 15) is 9.59 Å². The molecule has 0 saturated heterocycles. The molecule has 0 bridgehead atoms. The fourth-order valence-corrected chi connectivity index (χ4v) is 0.908. The van der Waals surface area contributed by atoms with Crippen LogP contribution in [0.25, 0.3) is 0 Å². The molecule has 0 aromatic heterocycles. The number of carbonyl (C=O) groups excluding carboxylic acids is 2. The summed E-state index contributed by atoms with van der Waals surface area (Å²) in [6, 6.07) is 0. The molecule has 0 saturated carbocycles. The van der Waals surface area contributed by atoms with E-state index >= 15 is 0 Å². The van der Waals surface area contributed by atoms with Crippen LogP contribution in [-0.2, 0) is 14.3 Å². The highest BCUT2D eigenvalue weighted by Gasteiger charge is 2.08. The quantitative estimate of drug-likeness (QED) is 0.388. The third-order valence-electron chi connectivity index (χ3n) is 1.47. The summed E-state index contributed by atoms with van der Waals surface area (Å²) in [4.78, 5) is 21.4. The van der Waals surface area contributed by atoms with Crippen molar-refractivity contribution in [2.45, 2.75) is 25.7 Å². The van der Waals surface area contributed by atoms with E-state index in [-0.39, 0.29) is 0 Å². The largest absolute Gasteiger partial charge is 0.390 e. The fraction of sp³-hybridized carbons (Fsp3) is 0.500. The van der Waals surface area contributed by atoms with Gasteiger partial charge in [0.1, 0.15) is 0 Å². The summed E-state index contributed by atoms with van der Waals surface area (Å²) in [6.07, 6.45) is 6.00. The molecule has 0 unspecified atom stereocenters. The third kappa shape index (κ3) is 2.98. The van der Waals surface area contributed by atoms with Gasteiger partial charge in [0.25, 0.3) is 0 Å². The van der Waals surface area contributed by atoms with Crippen LogP contribution in [0.3, 0.4) is 0 Å². The minimum atomic E-state index is -0.545. The van der Waals surface area contributed by atoms with E-state index in [1.807, 2.05) is 0 Å². The summed E-state index contributed by atoms with van der Waals surface area (Å²) in [7, 11) is 0. The second kappa shape index (κ2) is 3.91. The molecule has 0 aliphatic carbocycles. The number of hydrogen-bond acceptors (Lipinski definition) is 3. The van der Waals surface area contributed by atoms with Crippen molar-refractivity contribution in [2.24, 2.45) is 0 Å². The smallest absolute Gasteiger partial charge is 0.338 e. The molecule has 1 aliphatic rings. The van der Waals surface area contributed by atoms with E-state index < -0.39 is 11.9 Å². The van der Waals surface area contributed by atoms with Crippen LogP contribution in [0, 0.1) is 0 Å². The van der Waals surface area contributed by atoms with Crippen LogP contribution in [0.4, 0.5) is 0 Å². The Labute approximate surface area is 65.0 Å². The highest BCUT2D eigenvalue weighted by atomic mass is 16.6. The van der Waals surface area contributed by atoms with Gasteiger partial charge in [-0.05, 0) is 19.3 Å². The summed E-state index contributed by atoms with van der Waals surface area (Å²) < 4.78 is 4.41. The molecule has 0 radical (unpaired) electrons. The maximum absolute atomic E-state index is 10.7. The zero-order chi connectivity index (χ0) is 8.10. The second-order valence-electron chi connectivity index (χ2n) is 2.44. The predicted molar refractivity (Wildman–Crippen MR) is 38.7 cm³/mol. The van der Waals surface area contributed by atoms with Crippen molar-refractivity contribution in [3.8, 4) is 0 Å². The van der Waals surface area contributed by atoms with Crippen molar-refractivity contribution in [2.75, 3.05) is 0 Å². The molecule has 0 aromatic rings. The van der Waals surface area contributed by atoms with E-state index in [4.69, 9.17) is 0 Å². The van der Waals surface area contributed by atoms with Gasteiger partial charge in [-0.2, -0.15) is 0 Å². The summed E-state index contributed by atoms with van der Waals surface area (Å²) >= 11 is 0. The van der Waals surface area contributed by atoms with Crippen LogP contribution < -0.4 is 0 Å². The summed E-state index contributed by atoms with van der Waals surface area (Å²) in [5, 5.41) is 0. The number of hydrogen-bond donors (Lipinski definition) is 0. The molecule has 1 heterocycles. The van der Waals surface area contributed by atoms with Gasteiger partial charge in [-0.3, -0.25) is 4.79 Å². The number of allylic oxidation sites excluding steroid dienone is 1. The zero-order valence-electron chi connectivity index (χ0n) is 6.21. The lowest BCUT2D eigenvalue weighted by Crippen LogP contribution is -2.08. The van der Waals surface area contributed by atoms with Gasteiger partial charge in [0.05, 0.1) is 0 Å². The average molecular weight is 154 g/mol. The van der Waals surface area contributed by atoms with Gasteiger partial charge in [0, 0.05) is 12.5 Å². The summed E-state index contributed by atoms with van der Waals surface area (Å²) in [5.74, 6) is -0.960. The highest BCUT2D eigenvalue weighted by Crippen LogP contribution is 2.05. The first-order valence-corrected chi connectivity index (χ1v) is 3.70. The molecule has 11 heavy (non-hydrogen) atoms. The van der Waals surface area contributed by atoms with Gasteiger partial charge in [0.2, 0.25) is 0 Å². The lowest BCUT2D eigenvalue weighted by atomic mass is 10.2. The van der Waals surface area contributed by atoms with Crippen molar-refractivity contribution >= 4 is 11.9 Å². The molecule has 0 N–H and O–H groups in total. The maximum Gasteiger partial charge on any atom is 0.338 e. The van der Waals surface area contributed by atoms with E-state index in [1.54, 1.807) is 6.08 Å². The van der Waals surface area contributed by atoms with Crippen molar-refractivity contribution in [3.05, 3.63) is 12.2 Å². The maximum atomic E-state index is 10.7. The SMILES string of the molecule is O=C1/C=C\CCCCC(=O)O1. The first-order valence-electron chi connectivity index (χ1n) is 3.70. The number of esters is 2. The minimum Gasteiger partial charge on any atom is -0.390 e. The molecule has 3 nitrogen and oxygen atoms in total. The highest BCUT2D eigenvalue weighted by molar-refractivity contribution is 5.92. The van der Waals surface area contributed by atoms with E-state index in [0.29, 0.717) is 6.42 Å². The van der Waals surface area contributed by atoms with Crippen molar-refractivity contribution in [3.63, 3.8) is 0 Å². The van der Waals surface area contributed by atoms with Gasteiger partial charge >= 0.3 is 11.9 Å². The predicted octanol–water partition coefficient (Wildman–Crippen LogP) is 1.19. The third-order valence-corrected chi connectivity index (χ3v) is 1.47. The van der Waals surface area contributed by atoms with Gasteiger partial charge in [-0.15, -0.1) is 0 Å². The fourth-order valence-electron chi connectivity index (χ4n) is 0.908. The first-order chi connectivity index (χ1) is 5.29. The molecule has 0 aromatic carbocycles. The van der Waals surface area contributed by atoms with Gasteiger partial charge in [-0.25, -0.2) is 4.79 Å². The van der Waals surface area contributed by atoms with Crippen LogP contribution in [-0.4, -0.2) is 11.9 Å². The number of rotatable bonds is 0. The number of carbonyl (C=O) groups is 2. The Hall–Kier alpha value is -1.12. The normalized spacial score (nSPS) is 22.9. The Bertz CT molecular complexity index is 194. The molecule has 0 fully saturated rings. The van der Waals surface area contributed by atoms with Crippen LogP contribution >= 0.6 is 0 Å². The Kier molecular flexibility index (Phi) is 2.83. The van der Waals surface area contributed by atoms with Crippen LogP contribution in [0.1, 0.15) is 25.7 Å². The Morgan fingerprint density at radius 2 is 2.09 bits per heavy atom. The van der Waals surface area contributed by atoms with Crippen LogP contribution in [0.2, 0.25) is 0 Å². The lowest BCUT2D eigenvalue weighted by Gasteiger charge is -1.95. The molecule has 60 valence electrons. The van der Waals surface area contributed by atoms with Crippen molar-refractivity contribution < 1.29 is 14.3 Å². The summed E-state index contributed by atoms with van der Waals surface area (Å²) in [5.41, 5.74) is 0.